The van der Waals surface area contributed by atoms with Gasteiger partial charge in [-0.15, -0.1) is 0 Å². The Morgan fingerprint density at radius 2 is 1.29 bits per heavy atom. The zero-order chi connectivity index (χ0) is 25.4. The monoisotopic (exact) mass is 492 g/mol. The molecular formula is C28H53N4OP+2. The third-order valence-electron chi connectivity index (χ3n) is 6.01. The Kier molecular flexibility index (Phi) is 15.1. The van der Waals surface area contributed by atoms with Gasteiger partial charge in [-0.25, -0.2) is 0 Å². The second-order valence-corrected chi connectivity index (χ2v) is 14.6. The molecule has 1 aromatic rings. The maximum Gasteiger partial charge on any atom is 0.344 e. The second kappa shape index (κ2) is 16.9. The van der Waals surface area contributed by atoms with E-state index in [0.29, 0.717) is 0 Å². The lowest BCUT2D eigenvalue weighted by Gasteiger charge is -2.28. The largest absolute Gasteiger partial charge is 0.344 e. The van der Waals surface area contributed by atoms with Crippen LogP contribution in [0.15, 0.2) is 24.3 Å². The highest BCUT2D eigenvalue weighted by Crippen LogP contribution is 2.63. The normalized spacial score (nSPS) is 11.6. The van der Waals surface area contributed by atoms with Crippen molar-refractivity contribution in [3.8, 4) is 0 Å². The lowest BCUT2D eigenvalue weighted by atomic mass is 10.2. The van der Waals surface area contributed by atoms with Crippen LogP contribution in [0.25, 0.3) is 0 Å². The highest BCUT2D eigenvalue weighted by atomic mass is 31.2. The summed E-state index contributed by atoms with van der Waals surface area (Å²) in [4.78, 5) is 15.7. The van der Waals surface area contributed by atoms with E-state index in [1.165, 1.54) is 68.7 Å². The van der Waals surface area contributed by atoms with Crippen LogP contribution in [0.5, 0.6) is 0 Å². The molecule has 0 fully saturated rings. The van der Waals surface area contributed by atoms with Crippen molar-refractivity contribution >= 4 is 24.8 Å². The number of amides is 1. The number of carbonyl (C=O) groups is 1. The van der Waals surface area contributed by atoms with Gasteiger partial charge < -0.3 is 5.32 Å². The molecule has 0 aliphatic heterocycles. The molecule has 1 amide bonds. The first-order valence-corrected chi connectivity index (χ1v) is 16.1. The van der Waals surface area contributed by atoms with Gasteiger partial charge in [0.1, 0.15) is 6.54 Å². The van der Waals surface area contributed by atoms with Crippen LogP contribution in [0.1, 0.15) is 92.6 Å². The summed E-state index contributed by atoms with van der Waals surface area (Å²) in [6.45, 7) is 15.5. The molecule has 0 aromatic heterocycles. The number of unbranched alkanes of at least 4 members (excludes halogenated alkanes) is 3. The molecule has 5 nitrogen and oxygen atoms in total. The van der Waals surface area contributed by atoms with E-state index in [-0.39, 0.29) is 24.5 Å². The minimum Gasteiger partial charge on any atom is -0.323 e. The average Bonchev–Trinajstić information content (AvgIpc) is 2.79. The van der Waals surface area contributed by atoms with E-state index in [1.807, 2.05) is 0 Å². The van der Waals surface area contributed by atoms with E-state index in [4.69, 9.17) is 0 Å². The molecule has 194 valence electrons. The third-order valence-corrected chi connectivity index (χ3v) is 10.8. The molecule has 1 aromatic carbocycles. The smallest absolute Gasteiger partial charge is 0.323 e. The first-order chi connectivity index (χ1) is 16.2. The molecule has 0 bridgehead atoms. The van der Waals surface area contributed by atoms with Crippen molar-refractivity contribution in [3.05, 3.63) is 29.8 Å². The van der Waals surface area contributed by atoms with Crippen LogP contribution in [0.3, 0.4) is 0 Å². The molecule has 0 aliphatic rings. The minimum absolute atomic E-state index is 0.0444. The molecule has 0 radical (unpaired) electrons. The number of carbonyl (C=O) groups excluding carboxylic acids is 1. The number of nitrogens with one attached hydrogen (secondary N) is 4. The van der Waals surface area contributed by atoms with Gasteiger partial charge in [0.25, 0.3) is 5.91 Å². The van der Waals surface area contributed by atoms with Crippen LogP contribution < -0.4 is 20.9 Å². The Morgan fingerprint density at radius 1 is 0.824 bits per heavy atom. The summed E-state index contributed by atoms with van der Waals surface area (Å²) in [5.41, 5.74) is 2.30. The summed E-state index contributed by atoms with van der Waals surface area (Å²) in [7, 11) is -0.970. The molecule has 6 heteroatoms. The van der Waals surface area contributed by atoms with Crippen molar-refractivity contribution in [3.63, 3.8) is 0 Å². The van der Waals surface area contributed by atoms with E-state index >= 15 is 0 Å². The molecule has 0 saturated carbocycles. The maximum absolute atomic E-state index is 12.5. The number of benzene rings is 1. The highest BCUT2D eigenvalue weighted by molar-refractivity contribution is 7.75. The molecule has 0 aliphatic carbocycles. The van der Waals surface area contributed by atoms with Gasteiger partial charge in [0, 0.05) is 12.9 Å². The Morgan fingerprint density at radius 3 is 1.71 bits per heavy atom. The third kappa shape index (κ3) is 12.7. The van der Waals surface area contributed by atoms with Crippen LogP contribution in [-0.4, -0.2) is 49.0 Å². The van der Waals surface area contributed by atoms with E-state index in [9.17, 15) is 4.79 Å². The van der Waals surface area contributed by atoms with Crippen molar-refractivity contribution in [1.82, 2.24) is 10.6 Å². The summed E-state index contributed by atoms with van der Waals surface area (Å²) in [5.74, 6) is 0.749. The summed E-state index contributed by atoms with van der Waals surface area (Å²) < 4.78 is 0. The fourth-order valence-corrected chi connectivity index (χ4v) is 9.32. The number of rotatable bonds is 16. The zero-order valence-electron chi connectivity index (χ0n) is 23.1. The van der Waals surface area contributed by atoms with Gasteiger partial charge in [-0.2, -0.15) is 0 Å². The number of anilines is 1. The number of guanidine groups is 1. The number of hydrogen-bond acceptors (Lipinski definition) is 1. The highest BCUT2D eigenvalue weighted by Gasteiger charge is 2.35. The summed E-state index contributed by atoms with van der Waals surface area (Å²) in [6.07, 6.45) is 13.5. The molecule has 0 heterocycles. The van der Waals surface area contributed by atoms with Gasteiger partial charge in [-0.05, 0) is 64.7 Å². The maximum atomic E-state index is 12.5. The van der Waals surface area contributed by atoms with Gasteiger partial charge in [0.05, 0.1) is 36.7 Å². The predicted octanol–water partition coefficient (Wildman–Crippen LogP) is 4.98. The molecule has 0 saturated heterocycles. The van der Waals surface area contributed by atoms with Gasteiger partial charge in [0.2, 0.25) is 0 Å². The van der Waals surface area contributed by atoms with Crippen molar-refractivity contribution < 1.29 is 9.79 Å². The lowest BCUT2D eigenvalue weighted by Crippen LogP contribution is -2.82. The fraction of sp³-hybridized carbons (Fsp3) is 0.714. The van der Waals surface area contributed by atoms with Gasteiger partial charge >= 0.3 is 5.96 Å². The average molecular weight is 493 g/mol. The van der Waals surface area contributed by atoms with Crippen molar-refractivity contribution in [1.29, 1.82) is 0 Å². The zero-order valence-corrected chi connectivity index (χ0v) is 24.0. The fourth-order valence-electron chi connectivity index (χ4n) is 4.23. The van der Waals surface area contributed by atoms with Crippen LogP contribution in [-0.2, 0) is 11.0 Å². The Hall–Kier alpha value is -1.61. The molecule has 0 unspecified atom stereocenters. The standard InChI is InChI=1S/C28H51N4OP/c1-8-11-18-34(19-12-9-2,20-13-10-3)22-25-14-16-26(17-15-25)32-27(33)21-29-28(30-23(4)5)31-24(6)7/h14-17,23-24H,8-13,18-22H2,1-7H3,(H2-,29,30,31,32,33)/p+2. The lowest BCUT2D eigenvalue weighted by molar-refractivity contribution is -0.448. The van der Waals surface area contributed by atoms with Crippen LogP contribution in [0.4, 0.5) is 5.69 Å². The number of hydrogen-bond donors (Lipinski definition) is 4. The second-order valence-electron chi connectivity index (χ2n) is 10.3. The quantitative estimate of drug-likeness (QED) is 0.150. The summed E-state index contributed by atoms with van der Waals surface area (Å²) >= 11 is 0. The van der Waals surface area contributed by atoms with Crippen LogP contribution >= 0.6 is 7.26 Å². The predicted molar refractivity (Wildman–Crippen MR) is 152 cm³/mol. The molecule has 0 atom stereocenters. The van der Waals surface area contributed by atoms with Crippen molar-refractivity contribution in [2.24, 2.45) is 0 Å². The van der Waals surface area contributed by atoms with Gasteiger partial charge in [-0.1, -0.05) is 52.2 Å². The van der Waals surface area contributed by atoms with Crippen LogP contribution in [0.2, 0.25) is 0 Å². The van der Waals surface area contributed by atoms with E-state index in [2.05, 4.69) is 93.7 Å². The molecule has 0 spiro atoms. The van der Waals surface area contributed by atoms with Crippen LogP contribution in [0, 0.1) is 0 Å². The molecule has 4 N–H and O–H groups in total. The summed E-state index contributed by atoms with van der Waals surface area (Å²) in [5, 5.41) is 9.68. The summed E-state index contributed by atoms with van der Waals surface area (Å²) in [6, 6.07) is 9.19. The van der Waals surface area contributed by atoms with Gasteiger partial charge in [0.15, 0.2) is 0 Å². The minimum atomic E-state index is -0.970. The molecule has 1 rings (SSSR count). The first kappa shape index (κ1) is 30.4. The Balaban J connectivity index is 2.82. The molecule has 34 heavy (non-hydrogen) atoms. The van der Waals surface area contributed by atoms with E-state index < -0.39 is 7.26 Å². The SMILES string of the molecule is CCCC[P+](CCCC)(CCCC)Cc1ccc(NC(=O)C[NH+]=C(NC(C)C)NC(C)C)cc1. The molecular weight excluding hydrogens is 439 g/mol. The van der Waals surface area contributed by atoms with E-state index in [0.717, 1.165) is 11.6 Å². The van der Waals surface area contributed by atoms with Gasteiger partial charge in [-0.3, -0.25) is 20.4 Å². The van der Waals surface area contributed by atoms with Crippen molar-refractivity contribution in [2.75, 3.05) is 30.3 Å². The van der Waals surface area contributed by atoms with E-state index in [1.54, 1.807) is 0 Å². The first-order valence-electron chi connectivity index (χ1n) is 13.6. The Bertz CT molecular complexity index is 682. The van der Waals surface area contributed by atoms with Crippen molar-refractivity contribution in [2.45, 2.75) is 105 Å². The Labute approximate surface area is 210 Å². The topological polar surface area (TPSA) is 67.1 Å².